The van der Waals surface area contributed by atoms with Crippen molar-refractivity contribution in [3.05, 3.63) is 132 Å². The van der Waals surface area contributed by atoms with Crippen LogP contribution in [0.2, 0.25) is 0 Å². The second kappa shape index (κ2) is 12.1. The summed E-state index contributed by atoms with van der Waals surface area (Å²) in [5.74, 6) is 0.839. The Kier molecular flexibility index (Phi) is 8.17. The number of hydrogen-bond acceptors (Lipinski definition) is 5. The van der Waals surface area contributed by atoms with Gasteiger partial charge in [-0.25, -0.2) is 8.42 Å². The fourth-order valence-corrected chi connectivity index (χ4v) is 5.03. The molecule has 0 spiro atoms. The van der Waals surface area contributed by atoms with Crippen LogP contribution in [0.3, 0.4) is 0 Å². The zero-order valence-electron chi connectivity index (χ0n) is 22.1. The summed E-state index contributed by atoms with van der Waals surface area (Å²) >= 11 is 0. The van der Waals surface area contributed by atoms with E-state index >= 15 is 0 Å². The lowest BCUT2D eigenvalue weighted by Gasteiger charge is -2.10. The van der Waals surface area contributed by atoms with Crippen molar-refractivity contribution < 1.29 is 22.7 Å². The Morgan fingerprint density at radius 3 is 1.98 bits per heavy atom. The zero-order chi connectivity index (χ0) is 28.0. The number of carbonyl (C=O) groups is 1. The minimum Gasteiger partial charge on any atom is -0.489 e. The Bertz CT molecular complexity index is 1710. The van der Waals surface area contributed by atoms with Gasteiger partial charge in [0, 0.05) is 23.6 Å². The number of sulfonamides is 1. The van der Waals surface area contributed by atoms with Gasteiger partial charge in [0.05, 0.1) is 12.7 Å². The zero-order valence-corrected chi connectivity index (χ0v) is 22.9. The minimum absolute atomic E-state index is 0.0844. The van der Waals surface area contributed by atoms with Crippen LogP contribution < -0.4 is 14.2 Å². The molecule has 0 saturated heterocycles. The van der Waals surface area contributed by atoms with Gasteiger partial charge in [0.25, 0.3) is 0 Å². The number of rotatable bonds is 11. The molecule has 1 N–H and O–H groups in total. The average Bonchev–Trinajstić information content (AvgIpc) is 3.26. The normalized spacial score (nSPS) is 11.3. The van der Waals surface area contributed by atoms with Gasteiger partial charge < -0.3 is 14.0 Å². The minimum atomic E-state index is -3.66. The van der Waals surface area contributed by atoms with Crippen LogP contribution in [0.5, 0.6) is 11.5 Å². The molecule has 7 nitrogen and oxygen atoms in total. The quantitative estimate of drug-likeness (QED) is 0.234. The number of nitrogens with one attached hydrogen (secondary N) is 1. The van der Waals surface area contributed by atoms with Gasteiger partial charge in [0.15, 0.2) is 0 Å². The van der Waals surface area contributed by atoms with E-state index in [1.807, 2.05) is 109 Å². The Labute approximate surface area is 234 Å². The number of carbonyl (C=O) groups excluding carboxylic acids is 1. The smallest absolute Gasteiger partial charge is 0.237 e. The average molecular weight is 555 g/mol. The predicted octanol–water partition coefficient (Wildman–Crippen LogP) is 5.47. The van der Waals surface area contributed by atoms with Crippen molar-refractivity contribution in [2.24, 2.45) is 0 Å². The largest absolute Gasteiger partial charge is 0.489 e. The first-order chi connectivity index (χ1) is 19.3. The van der Waals surface area contributed by atoms with Gasteiger partial charge in [-0.3, -0.25) is 9.52 Å². The van der Waals surface area contributed by atoms with Crippen molar-refractivity contribution in [3.63, 3.8) is 0 Å². The number of nitrogens with zero attached hydrogens (tertiary/aromatic N) is 1. The second-order valence-electron chi connectivity index (χ2n) is 9.63. The molecule has 4 aromatic carbocycles. The molecule has 0 aliphatic carbocycles. The number of amides is 1. The van der Waals surface area contributed by atoms with Gasteiger partial charge in [-0.15, -0.1) is 0 Å². The highest BCUT2D eigenvalue weighted by Crippen LogP contribution is 2.28. The number of aromatic nitrogens is 1. The fraction of sp³-hybridized carbons (Fsp3) is 0.156. The van der Waals surface area contributed by atoms with E-state index in [1.165, 1.54) is 0 Å². The molecule has 0 saturated carbocycles. The Balaban J connectivity index is 1.39. The van der Waals surface area contributed by atoms with Gasteiger partial charge in [-0.1, -0.05) is 72.8 Å². The molecule has 0 radical (unpaired) electrons. The van der Waals surface area contributed by atoms with E-state index in [9.17, 15) is 13.2 Å². The van der Waals surface area contributed by atoms with E-state index in [4.69, 9.17) is 9.47 Å². The molecule has 0 atom stereocenters. The number of benzene rings is 4. The van der Waals surface area contributed by atoms with Crippen molar-refractivity contribution in [1.82, 2.24) is 9.29 Å². The molecule has 0 aliphatic rings. The van der Waals surface area contributed by atoms with Crippen molar-refractivity contribution in [2.45, 2.75) is 26.2 Å². The molecule has 5 aromatic rings. The van der Waals surface area contributed by atoms with E-state index in [0.717, 1.165) is 39.6 Å². The van der Waals surface area contributed by atoms with E-state index < -0.39 is 15.9 Å². The molecular weight excluding hydrogens is 524 g/mol. The van der Waals surface area contributed by atoms with Crippen LogP contribution in [0.1, 0.15) is 22.3 Å². The van der Waals surface area contributed by atoms with Gasteiger partial charge in [-0.05, 0) is 52.6 Å². The number of ether oxygens (including phenoxy) is 2. The third kappa shape index (κ3) is 7.30. The topological polar surface area (TPSA) is 86.6 Å². The van der Waals surface area contributed by atoms with Crippen LogP contribution in [-0.4, -0.2) is 25.1 Å². The molecule has 1 heterocycles. The molecular formula is C32H30N2O5S. The fourth-order valence-electron chi connectivity index (χ4n) is 4.54. The summed E-state index contributed by atoms with van der Waals surface area (Å²) in [6, 6.07) is 33.5. The maximum Gasteiger partial charge on any atom is 0.237 e. The highest BCUT2D eigenvalue weighted by atomic mass is 32.2. The van der Waals surface area contributed by atoms with Crippen LogP contribution in [0.25, 0.3) is 10.9 Å². The van der Waals surface area contributed by atoms with Gasteiger partial charge in [-0.2, -0.15) is 0 Å². The Hall–Kier alpha value is -4.56. The molecule has 8 heteroatoms. The van der Waals surface area contributed by atoms with Crippen molar-refractivity contribution in [1.29, 1.82) is 0 Å². The standard InChI is InChI=1S/C32H30N2O5S/c1-40(36,37)33-32(35)18-27-21-34(20-26-13-8-14-28(17-26)38-22-24-9-4-2-5-10-24)31-16-15-29(19-30(27)31)39-23-25-11-6-3-7-12-25/h2-17,19,21H,18,20,22-23H2,1H3,(H,33,35). The van der Waals surface area contributed by atoms with Gasteiger partial charge in [0.1, 0.15) is 24.7 Å². The molecule has 40 heavy (non-hydrogen) atoms. The maximum absolute atomic E-state index is 12.5. The summed E-state index contributed by atoms with van der Waals surface area (Å²) in [5, 5.41) is 0.825. The summed E-state index contributed by atoms with van der Waals surface area (Å²) in [7, 11) is -3.66. The summed E-state index contributed by atoms with van der Waals surface area (Å²) in [4.78, 5) is 12.5. The Morgan fingerprint density at radius 2 is 1.35 bits per heavy atom. The number of fused-ring (bicyclic) bond motifs is 1. The second-order valence-corrected chi connectivity index (χ2v) is 11.4. The first-order valence-electron chi connectivity index (χ1n) is 12.9. The van der Waals surface area contributed by atoms with E-state index in [2.05, 4.69) is 9.29 Å². The molecule has 5 rings (SSSR count). The monoisotopic (exact) mass is 554 g/mol. The van der Waals surface area contributed by atoms with Crippen LogP contribution in [0.4, 0.5) is 0 Å². The van der Waals surface area contributed by atoms with Gasteiger partial charge >= 0.3 is 0 Å². The Morgan fingerprint density at radius 1 is 0.750 bits per heavy atom. The molecule has 0 unspecified atom stereocenters. The first kappa shape index (κ1) is 27.0. The summed E-state index contributed by atoms with van der Waals surface area (Å²) in [6.07, 6.45) is 2.78. The van der Waals surface area contributed by atoms with E-state index in [-0.39, 0.29) is 6.42 Å². The molecule has 1 aromatic heterocycles. The third-order valence-corrected chi connectivity index (χ3v) is 6.93. The molecule has 204 valence electrons. The lowest BCUT2D eigenvalue weighted by atomic mass is 10.1. The summed E-state index contributed by atoms with van der Waals surface area (Å²) < 4.78 is 39.4. The highest BCUT2D eigenvalue weighted by molar-refractivity contribution is 7.89. The van der Waals surface area contributed by atoms with Crippen LogP contribution in [0.15, 0.2) is 109 Å². The van der Waals surface area contributed by atoms with E-state index in [1.54, 1.807) is 0 Å². The maximum atomic E-state index is 12.5. The van der Waals surface area contributed by atoms with Crippen LogP contribution in [0, 0.1) is 0 Å². The lowest BCUT2D eigenvalue weighted by Crippen LogP contribution is -2.30. The highest BCUT2D eigenvalue weighted by Gasteiger charge is 2.16. The lowest BCUT2D eigenvalue weighted by molar-refractivity contribution is -0.118. The molecule has 0 fully saturated rings. The number of hydrogen-bond donors (Lipinski definition) is 1. The van der Waals surface area contributed by atoms with Gasteiger partial charge in [0.2, 0.25) is 15.9 Å². The summed E-state index contributed by atoms with van der Waals surface area (Å²) in [6.45, 7) is 1.42. The summed E-state index contributed by atoms with van der Waals surface area (Å²) in [5.41, 5.74) is 4.77. The van der Waals surface area contributed by atoms with Crippen LogP contribution >= 0.6 is 0 Å². The van der Waals surface area contributed by atoms with Crippen molar-refractivity contribution >= 4 is 26.8 Å². The first-order valence-corrected chi connectivity index (χ1v) is 14.8. The SMILES string of the molecule is CS(=O)(=O)NC(=O)Cc1cn(Cc2cccc(OCc3ccccc3)c2)c2ccc(OCc3ccccc3)cc12. The predicted molar refractivity (Wildman–Crippen MR) is 156 cm³/mol. The third-order valence-electron chi connectivity index (χ3n) is 6.33. The van der Waals surface area contributed by atoms with Crippen LogP contribution in [-0.2, 0) is 41.0 Å². The van der Waals surface area contributed by atoms with E-state index in [0.29, 0.717) is 31.1 Å². The molecule has 1 amide bonds. The van der Waals surface area contributed by atoms with Crippen molar-refractivity contribution in [2.75, 3.05) is 6.26 Å². The molecule has 0 aliphatic heterocycles. The van der Waals surface area contributed by atoms with Crippen molar-refractivity contribution in [3.8, 4) is 11.5 Å². The molecule has 0 bridgehead atoms.